The molecule has 1 N–H and O–H groups in total. The molecule has 0 aliphatic heterocycles. The molecule has 0 bridgehead atoms. The molecule has 1 aromatic heterocycles. The Labute approximate surface area is 108 Å². The molecular weight excluding hydrogens is 222 g/mol. The average molecular weight is 241 g/mol. The van der Waals surface area contributed by atoms with Crippen LogP contribution in [0.4, 0.5) is 0 Å². The molecule has 0 amide bonds. The molecule has 0 spiro atoms. The van der Waals surface area contributed by atoms with Gasteiger partial charge in [0.05, 0.1) is 6.10 Å². The molecule has 1 aromatic carbocycles. The Bertz CT molecular complexity index is 505. The van der Waals surface area contributed by atoms with E-state index in [4.69, 9.17) is 0 Å². The van der Waals surface area contributed by atoms with E-state index in [2.05, 4.69) is 18.0 Å². The SMILES string of the molecule is CCc1ccc(CC(O)c2ccccc2C)nc1. The third-order valence-electron chi connectivity index (χ3n) is 3.24. The van der Waals surface area contributed by atoms with Gasteiger partial charge in [0.25, 0.3) is 0 Å². The van der Waals surface area contributed by atoms with Crippen LogP contribution in [0.15, 0.2) is 42.6 Å². The number of aliphatic hydroxyl groups is 1. The van der Waals surface area contributed by atoms with Gasteiger partial charge in [-0.05, 0) is 36.1 Å². The average Bonchev–Trinajstić information content (AvgIpc) is 2.40. The molecule has 0 radical (unpaired) electrons. The van der Waals surface area contributed by atoms with Crippen LogP contribution in [-0.2, 0) is 12.8 Å². The Hall–Kier alpha value is -1.67. The van der Waals surface area contributed by atoms with Gasteiger partial charge in [-0.25, -0.2) is 0 Å². The van der Waals surface area contributed by atoms with E-state index in [1.807, 2.05) is 43.5 Å². The number of benzene rings is 1. The number of hydrogen-bond acceptors (Lipinski definition) is 2. The summed E-state index contributed by atoms with van der Waals surface area (Å²) in [4.78, 5) is 4.38. The van der Waals surface area contributed by atoms with Gasteiger partial charge >= 0.3 is 0 Å². The van der Waals surface area contributed by atoms with Gasteiger partial charge in [0.15, 0.2) is 0 Å². The fraction of sp³-hybridized carbons (Fsp3) is 0.312. The van der Waals surface area contributed by atoms with Crippen LogP contribution in [0.5, 0.6) is 0 Å². The zero-order valence-corrected chi connectivity index (χ0v) is 10.9. The maximum Gasteiger partial charge on any atom is 0.0848 e. The number of nitrogens with zero attached hydrogens (tertiary/aromatic N) is 1. The van der Waals surface area contributed by atoms with Gasteiger partial charge in [-0.3, -0.25) is 4.98 Å². The molecule has 2 heteroatoms. The second-order valence-corrected chi connectivity index (χ2v) is 4.59. The van der Waals surface area contributed by atoms with Crippen LogP contribution in [0, 0.1) is 6.92 Å². The van der Waals surface area contributed by atoms with Crippen LogP contribution in [0.1, 0.15) is 35.4 Å². The van der Waals surface area contributed by atoms with Crippen molar-refractivity contribution >= 4 is 0 Å². The number of hydrogen-bond donors (Lipinski definition) is 1. The first-order valence-corrected chi connectivity index (χ1v) is 6.38. The highest BCUT2D eigenvalue weighted by Gasteiger charge is 2.11. The van der Waals surface area contributed by atoms with Gasteiger partial charge in [-0.2, -0.15) is 0 Å². The van der Waals surface area contributed by atoms with Crippen molar-refractivity contribution in [2.24, 2.45) is 0 Å². The summed E-state index contributed by atoms with van der Waals surface area (Å²) in [6.45, 7) is 4.13. The Morgan fingerprint density at radius 2 is 1.94 bits per heavy atom. The van der Waals surface area contributed by atoms with E-state index in [0.717, 1.165) is 23.2 Å². The van der Waals surface area contributed by atoms with Gasteiger partial charge in [0.2, 0.25) is 0 Å². The summed E-state index contributed by atoms with van der Waals surface area (Å²) in [6, 6.07) is 12.0. The van der Waals surface area contributed by atoms with Crippen molar-refractivity contribution in [3.63, 3.8) is 0 Å². The maximum atomic E-state index is 10.2. The van der Waals surface area contributed by atoms with E-state index in [9.17, 15) is 5.11 Å². The molecule has 1 atom stereocenters. The summed E-state index contributed by atoms with van der Waals surface area (Å²) in [7, 11) is 0. The Morgan fingerprint density at radius 1 is 1.17 bits per heavy atom. The summed E-state index contributed by atoms with van der Waals surface area (Å²) in [5.74, 6) is 0. The van der Waals surface area contributed by atoms with Gasteiger partial charge in [-0.1, -0.05) is 37.3 Å². The molecule has 0 fully saturated rings. The second kappa shape index (κ2) is 5.78. The standard InChI is InChI=1S/C16H19NO/c1-3-13-8-9-14(17-11-13)10-16(18)15-7-5-4-6-12(15)2/h4-9,11,16,18H,3,10H2,1-2H3. The predicted molar refractivity (Wildman–Crippen MR) is 73.5 cm³/mol. The molecule has 2 rings (SSSR count). The number of aromatic nitrogens is 1. The number of rotatable bonds is 4. The first-order chi connectivity index (χ1) is 8.70. The van der Waals surface area contributed by atoms with Crippen molar-refractivity contribution in [3.05, 3.63) is 65.0 Å². The van der Waals surface area contributed by atoms with Crippen molar-refractivity contribution < 1.29 is 5.11 Å². The fourth-order valence-electron chi connectivity index (χ4n) is 2.05. The molecule has 0 aliphatic rings. The number of pyridine rings is 1. The van der Waals surface area contributed by atoms with E-state index in [-0.39, 0.29) is 0 Å². The quantitative estimate of drug-likeness (QED) is 0.891. The highest BCUT2D eigenvalue weighted by Crippen LogP contribution is 2.20. The molecule has 0 aliphatic carbocycles. The zero-order valence-electron chi connectivity index (χ0n) is 10.9. The summed E-state index contributed by atoms with van der Waals surface area (Å²) < 4.78 is 0. The Morgan fingerprint density at radius 3 is 2.56 bits per heavy atom. The molecule has 2 aromatic rings. The molecule has 94 valence electrons. The molecule has 0 saturated heterocycles. The van der Waals surface area contributed by atoms with Crippen LogP contribution >= 0.6 is 0 Å². The van der Waals surface area contributed by atoms with Crippen LogP contribution in [0.2, 0.25) is 0 Å². The molecular formula is C16H19NO. The molecule has 2 nitrogen and oxygen atoms in total. The lowest BCUT2D eigenvalue weighted by molar-refractivity contribution is 0.176. The first kappa shape index (κ1) is 12.8. The van der Waals surface area contributed by atoms with E-state index in [0.29, 0.717) is 6.42 Å². The predicted octanol–water partition coefficient (Wildman–Crippen LogP) is 3.23. The fourth-order valence-corrected chi connectivity index (χ4v) is 2.05. The summed E-state index contributed by atoms with van der Waals surface area (Å²) >= 11 is 0. The van der Waals surface area contributed by atoms with Crippen molar-refractivity contribution in [3.8, 4) is 0 Å². The van der Waals surface area contributed by atoms with E-state index < -0.39 is 6.10 Å². The highest BCUT2D eigenvalue weighted by atomic mass is 16.3. The smallest absolute Gasteiger partial charge is 0.0848 e. The number of aryl methyl sites for hydroxylation is 2. The topological polar surface area (TPSA) is 33.1 Å². The van der Waals surface area contributed by atoms with E-state index in [1.54, 1.807) is 0 Å². The van der Waals surface area contributed by atoms with Gasteiger partial charge in [0, 0.05) is 18.3 Å². The monoisotopic (exact) mass is 241 g/mol. The minimum Gasteiger partial charge on any atom is -0.388 e. The second-order valence-electron chi connectivity index (χ2n) is 4.59. The summed E-state index contributed by atoms with van der Waals surface area (Å²) in [5.41, 5.74) is 4.26. The minimum absolute atomic E-state index is 0.480. The molecule has 1 unspecified atom stereocenters. The lowest BCUT2D eigenvalue weighted by Gasteiger charge is -2.13. The van der Waals surface area contributed by atoms with E-state index >= 15 is 0 Å². The molecule has 1 heterocycles. The third-order valence-corrected chi connectivity index (χ3v) is 3.24. The lowest BCUT2D eigenvalue weighted by atomic mass is 10.00. The molecule has 18 heavy (non-hydrogen) atoms. The first-order valence-electron chi connectivity index (χ1n) is 6.38. The summed E-state index contributed by atoms with van der Waals surface area (Å²) in [5, 5.41) is 10.2. The van der Waals surface area contributed by atoms with Crippen LogP contribution in [0.3, 0.4) is 0 Å². The maximum absolute atomic E-state index is 10.2. The van der Waals surface area contributed by atoms with E-state index in [1.165, 1.54) is 5.56 Å². The molecule has 0 saturated carbocycles. The van der Waals surface area contributed by atoms with Crippen LogP contribution in [-0.4, -0.2) is 10.1 Å². The van der Waals surface area contributed by atoms with Crippen molar-refractivity contribution in [2.75, 3.05) is 0 Å². The number of aliphatic hydroxyl groups excluding tert-OH is 1. The van der Waals surface area contributed by atoms with Crippen LogP contribution < -0.4 is 0 Å². The van der Waals surface area contributed by atoms with Crippen molar-refractivity contribution in [1.82, 2.24) is 4.98 Å². The Kier molecular flexibility index (Phi) is 4.11. The van der Waals surface area contributed by atoms with Crippen molar-refractivity contribution in [2.45, 2.75) is 32.8 Å². The normalized spacial score (nSPS) is 12.4. The minimum atomic E-state index is -0.480. The van der Waals surface area contributed by atoms with Gasteiger partial charge < -0.3 is 5.11 Å². The van der Waals surface area contributed by atoms with Crippen molar-refractivity contribution in [1.29, 1.82) is 0 Å². The lowest BCUT2D eigenvalue weighted by Crippen LogP contribution is -2.05. The highest BCUT2D eigenvalue weighted by molar-refractivity contribution is 5.28. The zero-order chi connectivity index (χ0) is 13.0. The van der Waals surface area contributed by atoms with Gasteiger partial charge in [-0.15, -0.1) is 0 Å². The van der Waals surface area contributed by atoms with Gasteiger partial charge in [0.1, 0.15) is 0 Å². The Balaban J connectivity index is 2.11. The summed E-state index contributed by atoms with van der Waals surface area (Å²) in [6.07, 6.45) is 2.97. The third kappa shape index (κ3) is 2.96. The largest absolute Gasteiger partial charge is 0.388 e. The van der Waals surface area contributed by atoms with Crippen LogP contribution in [0.25, 0.3) is 0 Å².